The summed E-state index contributed by atoms with van der Waals surface area (Å²) in [5.41, 5.74) is 3.86. The highest BCUT2D eigenvalue weighted by atomic mass is 32.2. The van der Waals surface area contributed by atoms with E-state index < -0.39 is 0 Å². The van der Waals surface area contributed by atoms with E-state index in [0.717, 1.165) is 17.8 Å². The summed E-state index contributed by atoms with van der Waals surface area (Å²) in [5.74, 6) is 0.153. The van der Waals surface area contributed by atoms with Crippen molar-refractivity contribution in [2.24, 2.45) is 5.41 Å². The number of carbonyl (C=O) groups excluding carboxylic acids is 1. The predicted octanol–water partition coefficient (Wildman–Crippen LogP) is 4.74. The van der Waals surface area contributed by atoms with Crippen LogP contribution in [0, 0.1) is 12.3 Å². The van der Waals surface area contributed by atoms with Crippen LogP contribution >= 0.6 is 24.0 Å². The van der Waals surface area contributed by atoms with Crippen LogP contribution in [0.1, 0.15) is 32.3 Å². The number of thioether (sulfide) groups is 1. The molecule has 0 spiro atoms. The maximum absolute atomic E-state index is 12.5. The van der Waals surface area contributed by atoms with Gasteiger partial charge in [-0.05, 0) is 37.1 Å². The van der Waals surface area contributed by atoms with Crippen molar-refractivity contribution in [2.45, 2.75) is 33.6 Å². The highest BCUT2D eigenvalue weighted by molar-refractivity contribution is 8.23. The molecule has 1 aromatic carbocycles. The van der Waals surface area contributed by atoms with E-state index in [1.807, 2.05) is 18.4 Å². The van der Waals surface area contributed by atoms with E-state index in [1.165, 1.54) is 17.3 Å². The quantitative estimate of drug-likeness (QED) is 0.815. The first-order chi connectivity index (χ1) is 9.82. The zero-order valence-electron chi connectivity index (χ0n) is 12.9. The van der Waals surface area contributed by atoms with Crippen molar-refractivity contribution >= 4 is 39.6 Å². The maximum Gasteiger partial charge on any atom is 0.167 e. The molecule has 0 atom stereocenters. The summed E-state index contributed by atoms with van der Waals surface area (Å²) in [6.07, 6.45) is 3.32. The Bertz CT molecular complexity index is 600. The molecule has 1 N–H and O–H groups in total. The number of anilines is 1. The highest BCUT2D eigenvalue weighted by Gasteiger charge is 2.34. The second kappa shape index (κ2) is 6.32. The summed E-state index contributed by atoms with van der Waals surface area (Å²) < 4.78 is 0.685. The van der Waals surface area contributed by atoms with E-state index in [9.17, 15) is 4.79 Å². The second-order valence-corrected chi connectivity index (χ2v) is 7.76. The molecule has 0 bridgehead atoms. The molecule has 0 radical (unpaired) electrons. The van der Waals surface area contributed by atoms with Crippen molar-refractivity contribution < 1.29 is 4.79 Å². The van der Waals surface area contributed by atoms with Gasteiger partial charge in [0.1, 0.15) is 0 Å². The van der Waals surface area contributed by atoms with Crippen molar-refractivity contribution in [1.29, 1.82) is 0 Å². The van der Waals surface area contributed by atoms with Crippen molar-refractivity contribution in [2.75, 3.05) is 11.6 Å². The number of benzene rings is 1. The van der Waals surface area contributed by atoms with Crippen molar-refractivity contribution in [3.8, 4) is 0 Å². The van der Waals surface area contributed by atoms with Gasteiger partial charge in [0.25, 0.3) is 0 Å². The largest absolute Gasteiger partial charge is 0.358 e. The predicted molar refractivity (Wildman–Crippen MR) is 96.0 cm³/mol. The molecule has 112 valence electrons. The summed E-state index contributed by atoms with van der Waals surface area (Å²) in [6.45, 7) is 6.31. The van der Waals surface area contributed by atoms with Crippen LogP contribution in [0.3, 0.4) is 0 Å². The number of ketones is 1. The maximum atomic E-state index is 12.5. The Morgan fingerprint density at radius 1 is 1.24 bits per heavy atom. The number of carbonyl (C=O) groups is 1. The lowest BCUT2D eigenvalue weighted by Gasteiger charge is -2.32. The molecule has 0 amide bonds. The van der Waals surface area contributed by atoms with Gasteiger partial charge in [0.2, 0.25) is 0 Å². The zero-order chi connectivity index (χ0) is 15.6. The fraction of sp³-hybridized carbons (Fsp3) is 0.412. The minimum atomic E-state index is -0.0262. The molecule has 4 heteroatoms. The summed E-state index contributed by atoms with van der Waals surface area (Å²) in [4.78, 5) is 12.5. The molecule has 1 aliphatic carbocycles. The Kier molecular flexibility index (Phi) is 4.89. The Balaban J connectivity index is 2.39. The Morgan fingerprint density at radius 3 is 2.43 bits per heavy atom. The van der Waals surface area contributed by atoms with E-state index >= 15 is 0 Å². The third-order valence-electron chi connectivity index (χ3n) is 3.61. The lowest BCUT2D eigenvalue weighted by molar-refractivity contribution is -0.117. The molecule has 21 heavy (non-hydrogen) atoms. The lowest BCUT2D eigenvalue weighted by atomic mass is 9.76. The summed E-state index contributed by atoms with van der Waals surface area (Å²) in [7, 11) is 0. The van der Waals surface area contributed by atoms with Crippen LogP contribution in [-0.4, -0.2) is 16.2 Å². The van der Waals surface area contributed by atoms with Gasteiger partial charge in [0.15, 0.2) is 5.78 Å². The Hall–Kier alpha value is -1.13. The first kappa shape index (κ1) is 16.2. The number of Topliss-reactive ketones (excluding diaryl/α,β-unsaturated/α-hetero) is 1. The van der Waals surface area contributed by atoms with E-state index in [2.05, 4.69) is 38.2 Å². The van der Waals surface area contributed by atoms with Crippen LogP contribution in [0.15, 0.2) is 35.5 Å². The van der Waals surface area contributed by atoms with E-state index in [1.54, 1.807) is 0 Å². The van der Waals surface area contributed by atoms with Crippen molar-refractivity contribution in [3.63, 3.8) is 0 Å². The number of allylic oxidation sites excluding steroid dienone is 1. The smallest absolute Gasteiger partial charge is 0.167 e. The van der Waals surface area contributed by atoms with Gasteiger partial charge in [-0.2, -0.15) is 0 Å². The average Bonchev–Trinajstić information content (AvgIpc) is 2.39. The number of aryl methyl sites for hydroxylation is 1. The minimum absolute atomic E-state index is 0.0262. The lowest BCUT2D eigenvalue weighted by Crippen LogP contribution is -2.30. The highest BCUT2D eigenvalue weighted by Crippen LogP contribution is 2.38. The number of hydrogen-bond acceptors (Lipinski definition) is 4. The molecule has 0 heterocycles. The summed E-state index contributed by atoms with van der Waals surface area (Å²) in [5, 5.41) is 3.42. The SMILES string of the molecule is CSC(=S)C1=C(Nc2ccc(C)cc2)CC(C)(C)CC1=O. The van der Waals surface area contributed by atoms with Gasteiger partial charge in [0, 0.05) is 17.8 Å². The Morgan fingerprint density at radius 2 is 1.86 bits per heavy atom. The van der Waals surface area contributed by atoms with Crippen LogP contribution in [0.5, 0.6) is 0 Å². The molecule has 2 nitrogen and oxygen atoms in total. The van der Waals surface area contributed by atoms with Crippen molar-refractivity contribution in [1.82, 2.24) is 0 Å². The fourth-order valence-electron chi connectivity index (χ4n) is 2.58. The fourth-order valence-corrected chi connectivity index (χ4v) is 3.26. The molecule has 0 saturated heterocycles. The van der Waals surface area contributed by atoms with E-state index in [0.29, 0.717) is 16.2 Å². The number of hydrogen-bond donors (Lipinski definition) is 1. The molecular formula is C17H21NOS2. The van der Waals surface area contributed by atoms with Gasteiger partial charge in [-0.15, -0.1) is 11.8 Å². The van der Waals surface area contributed by atoms with Crippen LogP contribution in [0.2, 0.25) is 0 Å². The molecule has 2 rings (SSSR count). The first-order valence-electron chi connectivity index (χ1n) is 7.01. The van der Waals surface area contributed by atoms with E-state index in [4.69, 9.17) is 12.2 Å². The van der Waals surface area contributed by atoms with Gasteiger partial charge in [-0.25, -0.2) is 0 Å². The molecule has 0 saturated carbocycles. The number of nitrogens with one attached hydrogen (secondary N) is 1. The Labute approximate surface area is 136 Å². The van der Waals surface area contributed by atoms with Gasteiger partial charge in [0.05, 0.1) is 9.77 Å². The van der Waals surface area contributed by atoms with Crippen LogP contribution in [0.25, 0.3) is 0 Å². The summed E-state index contributed by atoms with van der Waals surface area (Å²) >= 11 is 6.85. The molecule has 0 aliphatic heterocycles. The number of rotatable bonds is 3. The molecule has 1 aromatic rings. The average molecular weight is 319 g/mol. The van der Waals surface area contributed by atoms with E-state index in [-0.39, 0.29) is 11.2 Å². The zero-order valence-corrected chi connectivity index (χ0v) is 14.6. The van der Waals surface area contributed by atoms with Gasteiger partial charge in [-0.3, -0.25) is 4.79 Å². The molecular weight excluding hydrogens is 298 g/mol. The first-order valence-corrected chi connectivity index (χ1v) is 8.64. The molecule has 0 fully saturated rings. The standard InChI is InChI=1S/C17H21NOS2/c1-11-5-7-12(8-6-11)18-13-9-17(2,3)10-14(19)15(13)16(20)21-4/h5-8,18H,9-10H2,1-4H3. The van der Waals surface area contributed by atoms with Crippen LogP contribution in [-0.2, 0) is 4.79 Å². The number of thiocarbonyl (C=S) groups is 1. The van der Waals surface area contributed by atoms with Gasteiger partial charge >= 0.3 is 0 Å². The van der Waals surface area contributed by atoms with Gasteiger partial charge in [-0.1, -0.05) is 43.8 Å². The third kappa shape index (κ3) is 3.95. The second-order valence-electron chi connectivity index (χ2n) is 6.28. The third-order valence-corrected chi connectivity index (χ3v) is 4.89. The monoisotopic (exact) mass is 319 g/mol. The van der Waals surface area contributed by atoms with Gasteiger partial charge < -0.3 is 5.32 Å². The molecule has 0 unspecified atom stereocenters. The van der Waals surface area contributed by atoms with Crippen LogP contribution < -0.4 is 5.32 Å². The summed E-state index contributed by atoms with van der Waals surface area (Å²) in [6, 6.07) is 8.19. The van der Waals surface area contributed by atoms with Crippen molar-refractivity contribution in [3.05, 3.63) is 41.1 Å². The minimum Gasteiger partial charge on any atom is -0.358 e. The molecule has 0 aromatic heterocycles. The molecule has 1 aliphatic rings. The topological polar surface area (TPSA) is 29.1 Å². The normalized spacial score (nSPS) is 17.8. The van der Waals surface area contributed by atoms with Crippen LogP contribution in [0.4, 0.5) is 5.69 Å².